The summed E-state index contributed by atoms with van der Waals surface area (Å²) in [7, 11) is 0. The molecular formula is C27H35N13O6S. The molecule has 0 saturated carbocycles. The van der Waals surface area contributed by atoms with E-state index in [2.05, 4.69) is 73.8 Å². The quantitative estimate of drug-likeness (QED) is 0.0479. The summed E-state index contributed by atoms with van der Waals surface area (Å²) < 4.78 is 0. The highest BCUT2D eigenvalue weighted by molar-refractivity contribution is 7.80. The van der Waals surface area contributed by atoms with E-state index in [4.69, 9.17) is 5.73 Å². The first-order chi connectivity index (χ1) is 22.6. The van der Waals surface area contributed by atoms with Crippen LogP contribution in [0.2, 0.25) is 0 Å². The average molecular weight is 670 g/mol. The second-order valence-electron chi connectivity index (χ2n) is 10.4. The van der Waals surface area contributed by atoms with E-state index >= 15 is 0 Å². The molecule has 0 aliphatic rings. The molecule has 5 atom stereocenters. The van der Waals surface area contributed by atoms with Crippen molar-refractivity contribution in [1.29, 1.82) is 0 Å². The van der Waals surface area contributed by atoms with Gasteiger partial charge in [-0.05, 0) is 0 Å². The molecule has 0 aliphatic carbocycles. The molecule has 19 nitrogen and oxygen atoms in total. The number of nitrogens with one attached hydrogen (secondary N) is 8. The molecule has 0 bridgehead atoms. The van der Waals surface area contributed by atoms with Crippen LogP contribution >= 0.6 is 12.6 Å². The number of nitrogens with zero attached hydrogens (tertiary/aromatic N) is 4. The van der Waals surface area contributed by atoms with Crippen molar-refractivity contribution in [2.45, 2.75) is 55.9 Å². The number of hydrogen-bond acceptors (Lipinski definition) is 11. The topological polar surface area (TPSA) is 294 Å². The summed E-state index contributed by atoms with van der Waals surface area (Å²) in [6.45, 7) is 0. The van der Waals surface area contributed by atoms with Crippen LogP contribution in [-0.2, 0) is 49.7 Å². The predicted molar refractivity (Wildman–Crippen MR) is 166 cm³/mol. The van der Waals surface area contributed by atoms with Gasteiger partial charge in [0.1, 0.15) is 24.2 Å². The van der Waals surface area contributed by atoms with Gasteiger partial charge in [-0.15, -0.1) is 0 Å². The summed E-state index contributed by atoms with van der Waals surface area (Å²) in [4.78, 5) is 92.8. The van der Waals surface area contributed by atoms with Crippen LogP contribution in [0.15, 0.2) is 50.1 Å². The summed E-state index contributed by atoms with van der Waals surface area (Å²) in [5.41, 5.74) is 7.91. The molecule has 4 heterocycles. The second kappa shape index (κ2) is 16.7. The first-order valence-electron chi connectivity index (χ1n) is 14.3. The Morgan fingerprint density at radius 3 is 1.21 bits per heavy atom. The van der Waals surface area contributed by atoms with Crippen molar-refractivity contribution >= 4 is 42.2 Å². The van der Waals surface area contributed by atoms with E-state index in [0.717, 1.165) is 0 Å². The molecule has 0 fully saturated rings. The lowest BCUT2D eigenvalue weighted by atomic mass is 10.1. The van der Waals surface area contributed by atoms with Crippen molar-refractivity contribution in [3.8, 4) is 0 Å². The fraction of sp³-hybridized carbons (Fsp3) is 0.370. The number of amides is 4. The van der Waals surface area contributed by atoms with Crippen LogP contribution in [0.5, 0.6) is 0 Å². The minimum absolute atomic E-state index is 0.0442. The van der Waals surface area contributed by atoms with Crippen LogP contribution < -0.4 is 27.0 Å². The molecule has 0 spiro atoms. The number of aliphatic carboxylic acids is 1. The van der Waals surface area contributed by atoms with E-state index in [9.17, 15) is 29.1 Å². The third kappa shape index (κ3) is 10.3. The van der Waals surface area contributed by atoms with Gasteiger partial charge in [0.15, 0.2) is 0 Å². The van der Waals surface area contributed by atoms with Crippen molar-refractivity contribution in [1.82, 2.24) is 61.1 Å². The van der Waals surface area contributed by atoms with E-state index in [1.807, 2.05) is 0 Å². The number of H-pyrrole nitrogens is 4. The predicted octanol–water partition coefficient (Wildman–Crippen LogP) is -2.87. The van der Waals surface area contributed by atoms with E-state index in [-0.39, 0.29) is 31.4 Å². The van der Waals surface area contributed by atoms with Crippen molar-refractivity contribution in [2.75, 3.05) is 5.75 Å². The first kappa shape index (κ1) is 34.4. The Bertz CT molecular complexity index is 1580. The zero-order chi connectivity index (χ0) is 33.8. The lowest BCUT2D eigenvalue weighted by Crippen LogP contribution is -2.60. The van der Waals surface area contributed by atoms with Crippen LogP contribution in [0, 0.1) is 0 Å². The molecule has 0 saturated heterocycles. The molecule has 0 radical (unpaired) electrons. The van der Waals surface area contributed by atoms with Crippen molar-refractivity contribution in [3.05, 3.63) is 72.9 Å². The molecule has 4 amide bonds. The summed E-state index contributed by atoms with van der Waals surface area (Å²) in [5, 5.41) is 19.6. The Morgan fingerprint density at radius 1 is 0.596 bits per heavy atom. The maximum Gasteiger partial charge on any atom is 0.327 e. The summed E-state index contributed by atoms with van der Waals surface area (Å²) in [5.74, 6) is -4.47. The lowest BCUT2D eigenvalue weighted by molar-refractivity contribution is -0.141. The lowest BCUT2D eigenvalue weighted by Gasteiger charge is -2.26. The molecule has 0 aliphatic heterocycles. The van der Waals surface area contributed by atoms with E-state index < -0.39 is 59.8 Å². The van der Waals surface area contributed by atoms with Crippen LogP contribution in [0.25, 0.3) is 0 Å². The Hall–Kier alpha value is -5.50. The normalized spacial score (nSPS) is 14.3. The Kier molecular flexibility index (Phi) is 12.2. The highest BCUT2D eigenvalue weighted by Gasteiger charge is 2.33. The number of carboxylic acid groups (broad SMARTS) is 1. The molecule has 0 aromatic carbocycles. The second-order valence-corrected chi connectivity index (χ2v) is 10.8. The largest absolute Gasteiger partial charge is 0.480 e. The van der Waals surface area contributed by atoms with E-state index in [0.29, 0.717) is 22.8 Å². The van der Waals surface area contributed by atoms with Gasteiger partial charge >= 0.3 is 5.97 Å². The number of nitrogens with two attached hydrogens (primary N) is 1. The Balaban J connectivity index is 1.53. The number of carbonyl (C=O) groups is 5. The van der Waals surface area contributed by atoms with Crippen LogP contribution in [0.1, 0.15) is 22.8 Å². The third-order valence-corrected chi connectivity index (χ3v) is 7.29. The van der Waals surface area contributed by atoms with E-state index in [1.54, 1.807) is 12.4 Å². The van der Waals surface area contributed by atoms with Gasteiger partial charge in [0.2, 0.25) is 23.6 Å². The van der Waals surface area contributed by atoms with Crippen LogP contribution in [0.4, 0.5) is 0 Å². The zero-order valence-electron chi connectivity index (χ0n) is 24.8. The minimum atomic E-state index is -1.32. The Morgan fingerprint density at radius 2 is 0.915 bits per heavy atom. The van der Waals surface area contributed by atoms with Gasteiger partial charge in [0.05, 0.1) is 54.1 Å². The zero-order valence-corrected chi connectivity index (χ0v) is 25.7. The smallest absolute Gasteiger partial charge is 0.327 e. The molecule has 4 aromatic rings. The maximum absolute atomic E-state index is 13.7. The fourth-order valence-corrected chi connectivity index (χ4v) is 4.71. The highest BCUT2D eigenvalue weighted by Crippen LogP contribution is 2.07. The monoisotopic (exact) mass is 669 g/mol. The van der Waals surface area contributed by atoms with Gasteiger partial charge in [-0.25, -0.2) is 24.7 Å². The maximum atomic E-state index is 13.7. The number of carboxylic acids is 1. The summed E-state index contributed by atoms with van der Waals surface area (Å²) in [6, 6.07) is -6.15. The molecule has 20 heteroatoms. The number of carbonyl (C=O) groups excluding carboxylic acids is 4. The molecule has 47 heavy (non-hydrogen) atoms. The summed E-state index contributed by atoms with van der Waals surface area (Å²) >= 11 is 3.98. The number of thiol groups is 1. The fourth-order valence-electron chi connectivity index (χ4n) is 4.46. The van der Waals surface area contributed by atoms with Gasteiger partial charge in [0, 0.05) is 56.2 Å². The number of rotatable bonds is 18. The standard InChI is InChI=1S/C27H35N13O6S/c28-18(1-14-5-29-10-33-14)23(41)37-19(2-15-6-30-11-34-15)24(42)38-20(3-16-7-31-12-35-16)25(43)39-21(4-17-8-32-13-36-17)26(44)40-22(9-47)27(45)46/h5-8,10-13,18-22,47H,1-4,9,28H2,(H,29,33)(H,30,34)(H,31,35)(H,32,36)(H,37,41)(H,38,42)(H,39,43)(H,40,44)(H,45,46). The molecule has 4 aromatic heterocycles. The molecule has 11 N–H and O–H groups in total. The highest BCUT2D eigenvalue weighted by atomic mass is 32.1. The van der Waals surface area contributed by atoms with Crippen molar-refractivity contribution < 1.29 is 29.1 Å². The van der Waals surface area contributed by atoms with Gasteiger partial charge in [-0.3, -0.25) is 19.2 Å². The number of hydrogen-bond donors (Lipinski definition) is 11. The number of aromatic amines is 4. The Labute approximate surface area is 272 Å². The van der Waals surface area contributed by atoms with Gasteiger partial charge in [-0.1, -0.05) is 0 Å². The molecular weight excluding hydrogens is 634 g/mol. The minimum Gasteiger partial charge on any atom is -0.480 e. The van der Waals surface area contributed by atoms with Crippen LogP contribution in [-0.4, -0.2) is 111 Å². The molecule has 5 unspecified atom stereocenters. The molecule has 4 rings (SSSR count). The first-order valence-corrected chi connectivity index (χ1v) is 15.0. The number of imidazole rings is 4. The van der Waals surface area contributed by atoms with E-state index in [1.165, 1.54) is 37.7 Å². The van der Waals surface area contributed by atoms with Crippen molar-refractivity contribution in [3.63, 3.8) is 0 Å². The number of aromatic nitrogens is 8. The molecule has 250 valence electrons. The summed E-state index contributed by atoms with van der Waals surface area (Å²) in [6.07, 6.45) is 11.7. The average Bonchev–Trinajstić information content (AvgIpc) is 3.88. The third-order valence-electron chi connectivity index (χ3n) is 6.92. The van der Waals surface area contributed by atoms with Gasteiger partial charge < -0.3 is 52.0 Å². The van der Waals surface area contributed by atoms with Gasteiger partial charge in [-0.2, -0.15) is 12.6 Å². The van der Waals surface area contributed by atoms with Crippen molar-refractivity contribution in [2.24, 2.45) is 5.73 Å². The SMILES string of the molecule is NC(Cc1c[nH]cn1)C(=O)NC(Cc1c[nH]cn1)C(=O)NC(Cc1c[nH]cn1)C(=O)NC(Cc1c[nH]cn1)C(=O)NC(CS)C(=O)O. The van der Waals surface area contributed by atoms with Crippen LogP contribution in [0.3, 0.4) is 0 Å². The van der Waals surface area contributed by atoms with Gasteiger partial charge in [0.25, 0.3) is 0 Å².